The first-order valence-corrected chi connectivity index (χ1v) is 5.91. The predicted octanol–water partition coefficient (Wildman–Crippen LogP) is 1.61. The molecule has 2 N–H and O–H groups in total. The molecule has 92 valence electrons. The van der Waals surface area contributed by atoms with Crippen LogP contribution in [0.2, 0.25) is 0 Å². The summed E-state index contributed by atoms with van der Waals surface area (Å²) in [4.78, 5) is 11.7. The molecule has 0 spiro atoms. The van der Waals surface area contributed by atoms with Crippen LogP contribution in [0.5, 0.6) is 0 Å². The maximum absolute atomic E-state index is 13.5. The van der Waals surface area contributed by atoms with Crippen LogP contribution in [0.25, 0.3) is 0 Å². The van der Waals surface area contributed by atoms with E-state index in [1.807, 2.05) is 0 Å². The summed E-state index contributed by atoms with van der Waals surface area (Å²) in [5.41, 5.74) is 0.535. The van der Waals surface area contributed by atoms with Crippen LogP contribution in [0.4, 0.5) is 4.39 Å². The summed E-state index contributed by atoms with van der Waals surface area (Å²) in [5, 5.41) is 5.95. The topological polar surface area (TPSA) is 41.1 Å². The van der Waals surface area contributed by atoms with Crippen LogP contribution in [0.3, 0.4) is 0 Å². The van der Waals surface area contributed by atoms with Crippen molar-refractivity contribution in [3.63, 3.8) is 0 Å². The summed E-state index contributed by atoms with van der Waals surface area (Å²) in [6.45, 7) is 3.61. The first-order valence-electron chi connectivity index (χ1n) is 5.91. The Hall–Kier alpha value is -1.42. The number of carbonyl (C=O) groups excluding carboxylic acids is 1. The molecule has 1 aromatic carbocycles. The van der Waals surface area contributed by atoms with Gasteiger partial charge in [0.1, 0.15) is 5.82 Å². The summed E-state index contributed by atoms with van der Waals surface area (Å²) in [7, 11) is 0. The van der Waals surface area contributed by atoms with E-state index < -0.39 is 0 Å². The number of rotatable bonds is 4. The van der Waals surface area contributed by atoms with Crippen LogP contribution in [0, 0.1) is 11.7 Å². The number of hydrogen-bond donors (Lipinski definition) is 2. The van der Waals surface area contributed by atoms with Gasteiger partial charge in [0, 0.05) is 12.0 Å². The summed E-state index contributed by atoms with van der Waals surface area (Å²) in [6.07, 6.45) is 0.520. The van der Waals surface area contributed by atoms with Gasteiger partial charge in [0.05, 0.1) is 6.04 Å². The zero-order valence-electron chi connectivity index (χ0n) is 9.87. The van der Waals surface area contributed by atoms with Gasteiger partial charge in [0.2, 0.25) is 5.91 Å². The van der Waals surface area contributed by atoms with Gasteiger partial charge in [-0.25, -0.2) is 4.39 Å². The lowest BCUT2D eigenvalue weighted by molar-refractivity contribution is -0.123. The van der Waals surface area contributed by atoms with E-state index >= 15 is 0 Å². The molecule has 1 atom stereocenters. The second-order valence-corrected chi connectivity index (χ2v) is 4.54. The van der Waals surface area contributed by atoms with Crippen LogP contribution in [-0.4, -0.2) is 19.0 Å². The number of halogens is 1. The van der Waals surface area contributed by atoms with E-state index in [1.165, 1.54) is 6.07 Å². The van der Waals surface area contributed by atoms with Gasteiger partial charge in [-0.1, -0.05) is 18.2 Å². The Bertz CT molecular complexity index is 404. The van der Waals surface area contributed by atoms with Crippen molar-refractivity contribution >= 4 is 5.91 Å². The fourth-order valence-electron chi connectivity index (χ4n) is 1.96. The standard InChI is InChI=1S/C13H17FN2O/c1-9(11-4-2-3-5-12(11)14)16-13(17)6-10-7-15-8-10/h2-5,9-10,15H,6-8H2,1H3,(H,16,17)/t9-/m1/s1. The molecule has 1 heterocycles. The number of carbonyl (C=O) groups is 1. The lowest BCUT2D eigenvalue weighted by atomic mass is 9.98. The highest BCUT2D eigenvalue weighted by atomic mass is 19.1. The van der Waals surface area contributed by atoms with Crippen LogP contribution in [-0.2, 0) is 4.79 Å². The van der Waals surface area contributed by atoms with Crippen molar-refractivity contribution in [3.8, 4) is 0 Å². The van der Waals surface area contributed by atoms with E-state index in [-0.39, 0.29) is 17.8 Å². The van der Waals surface area contributed by atoms with E-state index in [9.17, 15) is 9.18 Å². The van der Waals surface area contributed by atoms with Crippen molar-refractivity contribution in [2.75, 3.05) is 13.1 Å². The third-order valence-electron chi connectivity index (χ3n) is 3.09. The first-order chi connectivity index (χ1) is 8.16. The highest BCUT2D eigenvalue weighted by molar-refractivity contribution is 5.76. The Morgan fingerprint density at radius 2 is 2.24 bits per heavy atom. The maximum Gasteiger partial charge on any atom is 0.220 e. The number of hydrogen-bond acceptors (Lipinski definition) is 2. The van der Waals surface area contributed by atoms with Crippen molar-refractivity contribution < 1.29 is 9.18 Å². The van der Waals surface area contributed by atoms with Gasteiger partial charge in [-0.15, -0.1) is 0 Å². The molecule has 1 aliphatic heterocycles. The molecule has 1 fully saturated rings. The molecule has 4 heteroatoms. The molecule has 0 unspecified atom stereocenters. The molecular formula is C13H17FN2O. The largest absolute Gasteiger partial charge is 0.349 e. The molecule has 3 nitrogen and oxygen atoms in total. The minimum Gasteiger partial charge on any atom is -0.349 e. The molecule has 0 aromatic heterocycles. The molecule has 0 radical (unpaired) electrons. The van der Waals surface area contributed by atoms with Crippen molar-refractivity contribution in [2.24, 2.45) is 5.92 Å². The summed E-state index contributed by atoms with van der Waals surface area (Å²) in [6, 6.07) is 6.25. The molecule has 0 aliphatic carbocycles. The van der Waals surface area contributed by atoms with Crippen molar-refractivity contribution in [2.45, 2.75) is 19.4 Å². The van der Waals surface area contributed by atoms with E-state index in [2.05, 4.69) is 10.6 Å². The maximum atomic E-state index is 13.5. The Labute approximate surface area is 100 Å². The van der Waals surface area contributed by atoms with E-state index in [1.54, 1.807) is 25.1 Å². The second-order valence-electron chi connectivity index (χ2n) is 4.54. The Morgan fingerprint density at radius 1 is 1.53 bits per heavy atom. The minimum absolute atomic E-state index is 0.00717. The van der Waals surface area contributed by atoms with Gasteiger partial charge in [-0.2, -0.15) is 0 Å². The molecule has 1 saturated heterocycles. The average molecular weight is 236 g/mol. The smallest absolute Gasteiger partial charge is 0.220 e. The molecule has 17 heavy (non-hydrogen) atoms. The zero-order chi connectivity index (χ0) is 12.3. The molecule has 0 bridgehead atoms. The Balaban J connectivity index is 1.89. The van der Waals surface area contributed by atoms with Crippen LogP contribution < -0.4 is 10.6 Å². The third-order valence-corrected chi connectivity index (χ3v) is 3.09. The second kappa shape index (κ2) is 5.27. The number of nitrogens with one attached hydrogen (secondary N) is 2. The normalized spacial score (nSPS) is 17.3. The fourth-order valence-corrected chi connectivity index (χ4v) is 1.96. The fraction of sp³-hybridized carbons (Fsp3) is 0.462. The van der Waals surface area contributed by atoms with E-state index in [0.29, 0.717) is 17.9 Å². The van der Waals surface area contributed by atoms with Gasteiger partial charge in [-0.3, -0.25) is 4.79 Å². The molecule has 1 aromatic rings. The van der Waals surface area contributed by atoms with Crippen molar-refractivity contribution in [1.82, 2.24) is 10.6 Å². The summed E-state index contributed by atoms with van der Waals surface area (Å²) in [5.74, 6) is 0.153. The minimum atomic E-state index is -0.281. The summed E-state index contributed by atoms with van der Waals surface area (Å²) < 4.78 is 13.5. The molecule has 1 amide bonds. The van der Waals surface area contributed by atoms with E-state index in [4.69, 9.17) is 0 Å². The van der Waals surface area contributed by atoms with Gasteiger partial charge in [0.25, 0.3) is 0 Å². The number of amides is 1. The van der Waals surface area contributed by atoms with Gasteiger partial charge in [0.15, 0.2) is 0 Å². The van der Waals surface area contributed by atoms with Gasteiger partial charge in [-0.05, 0) is 32.0 Å². The molecular weight excluding hydrogens is 219 g/mol. The lowest BCUT2D eigenvalue weighted by Gasteiger charge is -2.27. The zero-order valence-corrected chi connectivity index (χ0v) is 9.87. The van der Waals surface area contributed by atoms with Gasteiger partial charge < -0.3 is 10.6 Å². The SMILES string of the molecule is C[C@@H](NC(=O)CC1CNC1)c1ccccc1F. The molecule has 1 aliphatic rings. The highest BCUT2D eigenvalue weighted by Gasteiger charge is 2.21. The average Bonchev–Trinajstić information content (AvgIpc) is 2.24. The third kappa shape index (κ3) is 3.03. The highest BCUT2D eigenvalue weighted by Crippen LogP contribution is 2.17. The van der Waals surface area contributed by atoms with Crippen molar-refractivity contribution in [3.05, 3.63) is 35.6 Å². The van der Waals surface area contributed by atoms with Gasteiger partial charge >= 0.3 is 0 Å². The Kier molecular flexibility index (Phi) is 3.74. The number of benzene rings is 1. The Morgan fingerprint density at radius 3 is 2.82 bits per heavy atom. The van der Waals surface area contributed by atoms with E-state index in [0.717, 1.165) is 13.1 Å². The predicted molar refractivity (Wildman–Crippen MR) is 63.9 cm³/mol. The van der Waals surface area contributed by atoms with Crippen LogP contribution >= 0.6 is 0 Å². The quantitative estimate of drug-likeness (QED) is 0.834. The lowest BCUT2D eigenvalue weighted by Crippen LogP contribution is -2.44. The van der Waals surface area contributed by atoms with Crippen LogP contribution in [0.15, 0.2) is 24.3 Å². The van der Waals surface area contributed by atoms with Crippen LogP contribution in [0.1, 0.15) is 24.9 Å². The monoisotopic (exact) mass is 236 g/mol. The molecule has 2 rings (SSSR count). The molecule has 0 saturated carbocycles. The first kappa shape index (κ1) is 12.0. The summed E-state index contributed by atoms with van der Waals surface area (Å²) >= 11 is 0. The van der Waals surface area contributed by atoms with Crippen molar-refractivity contribution in [1.29, 1.82) is 0 Å².